The molecule has 0 fully saturated rings. The van der Waals surface area contributed by atoms with E-state index in [9.17, 15) is 4.79 Å². The maximum Gasteiger partial charge on any atom is 0.323 e. The summed E-state index contributed by atoms with van der Waals surface area (Å²) in [5.41, 5.74) is 5.94. The van der Waals surface area contributed by atoms with Gasteiger partial charge in [0.05, 0.1) is 13.2 Å². The molecule has 5 heteroatoms. The fraction of sp³-hybridized carbons (Fsp3) is 0.786. The van der Waals surface area contributed by atoms with Crippen LogP contribution in [0.3, 0.4) is 0 Å². The molecule has 19 heavy (non-hydrogen) atoms. The molecule has 0 saturated carbocycles. The topological polar surface area (TPSA) is 61.5 Å². The number of carbonyl (C=O) groups excluding carboxylic acids is 1. The lowest BCUT2D eigenvalue weighted by Gasteiger charge is -2.24. The van der Waals surface area contributed by atoms with E-state index in [0.29, 0.717) is 19.1 Å². The van der Waals surface area contributed by atoms with Crippen molar-refractivity contribution in [3.8, 4) is 0 Å². The van der Waals surface area contributed by atoms with Gasteiger partial charge >= 0.3 is 5.97 Å². The monoisotopic (exact) mass is 293 g/mol. The van der Waals surface area contributed by atoms with E-state index in [-0.39, 0.29) is 24.3 Å². The van der Waals surface area contributed by atoms with Gasteiger partial charge in [0.25, 0.3) is 0 Å². The molecule has 0 aliphatic carbocycles. The minimum Gasteiger partial charge on any atom is -0.465 e. The van der Waals surface area contributed by atoms with E-state index in [2.05, 4.69) is 13.5 Å². The molecule has 4 nitrogen and oxygen atoms in total. The van der Waals surface area contributed by atoms with Crippen molar-refractivity contribution in [3.63, 3.8) is 0 Å². The van der Waals surface area contributed by atoms with Gasteiger partial charge in [-0.3, -0.25) is 4.79 Å². The highest BCUT2D eigenvalue weighted by atomic mass is 35.5. The molecule has 0 saturated heterocycles. The molecule has 0 radical (unpaired) electrons. The van der Waals surface area contributed by atoms with Gasteiger partial charge < -0.3 is 15.2 Å². The van der Waals surface area contributed by atoms with Gasteiger partial charge in [-0.05, 0) is 32.1 Å². The first-order valence-corrected chi connectivity index (χ1v) is 6.58. The number of allylic oxidation sites excluding steroid dienone is 1. The Labute approximate surface area is 123 Å². The molecule has 0 bridgehead atoms. The maximum absolute atomic E-state index is 11.6. The predicted molar refractivity (Wildman–Crippen MR) is 80.4 cm³/mol. The van der Waals surface area contributed by atoms with E-state index in [1.807, 2.05) is 6.08 Å². The highest BCUT2D eigenvalue weighted by Gasteiger charge is 2.27. The molecule has 0 aromatic carbocycles. The second-order valence-corrected chi connectivity index (χ2v) is 4.70. The molecular formula is C14H28ClNO3. The Morgan fingerprint density at radius 1 is 1.47 bits per heavy atom. The van der Waals surface area contributed by atoms with Gasteiger partial charge in [-0.15, -0.1) is 19.0 Å². The van der Waals surface area contributed by atoms with E-state index in [4.69, 9.17) is 15.2 Å². The summed E-state index contributed by atoms with van der Waals surface area (Å²) >= 11 is 0. The predicted octanol–water partition coefficient (Wildman–Crippen LogP) is 2.55. The minimum absolute atomic E-state index is 0. The molecular weight excluding hydrogens is 266 g/mol. The summed E-state index contributed by atoms with van der Waals surface area (Å²) in [5, 5.41) is 0. The molecule has 0 rings (SSSR count). The standard InChI is InChI=1S/C14H27NO3.ClH/c1-5-7-8-11(3)9-12(10-17-4)13(15)14(16)18-6-2;/h5,11-13H,1,6-10,15H2,2-4H3;1H/t11?,12-,13?;/m0./s1. The zero-order valence-electron chi connectivity index (χ0n) is 12.3. The lowest BCUT2D eigenvalue weighted by Crippen LogP contribution is -2.42. The van der Waals surface area contributed by atoms with Gasteiger partial charge in [0.2, 0.25) is 0 Å². The normalized spacial score (nSPS) is 14.9. The van der Waals surface area contributed by atoms with Gasteiger partial charge in [0.1, 0.15) is 6.04 Å². The van der Waals surface area contributed by atoms with Crippen LogP contribution in [0.15, 0.2) is 12.7 Å². The van der Waals surface area contributed by atoms with Crippen molar-refractivity contribution in [3.05, 3.63) is 12.7 Å². The highest BCUT2D eigenvalue weighted by molar-refractivity contribution is 5.85. The lowest BCUT2D eigenvalue weighted by molar-refractivity contribution is -0.146. The largest absolute Gasteiger partial charge is 0.465 e. The number of rotatable bonds is 10. The summed E-state index contributed by atoms with van der Waals surface area (Å²) in [6.45, 7) is 8.49. The molecule has 0 aromatic rings. The van der Waals surface area contributed by atoms with E-state index < -0.39 is 6.04 Å². The Morgan fingerprint density at radius 3 is 2.58 bits per heavy atom. The lowest BCUT2D eigenvalue weighted by atomic mass is 9.88. The molecule has 0 aliphatic heterocycles. The van der Waals surface area contributed by atoms with E-state index in [1.165, 1.54) is 0 Å². The number of hydrogen-bond acceptors (Lipinski definition) is 4. The van der Waals surface area contributed by atoms with Crippen LogP contribution in [0.1, 0.15) is 33.1 Å². The Kier molecular flexibility index (Phi) is 13.6. The van der Waals surface area contributed by atoms with Crippen LogP contribution >= 0.6 is 12.4 Å². The number of hydrogen-bond donors (Lipinski definition) is 1. The van der Waals surface area contributed by atoms with Gasteiger partial charge in [0, 0.05) is 13.0 Å². The third kappa shape index (κ3) is 9.03. The van der Waals surface area contributed by atoms with Crippen LogP contribution in [0, 0.1) is 11.8 Å². The first kappa shape index (κ1) is 20.7. The van der Waals surface area contributed by atoms with Crippen molar-refractivity contribution in [1.82, 2.24) is 0 Å². The molecule has 0 aliphatic rings. The summed E-state index contributed by atoms with van der Waals surface area (Å²) in [7, 11) is 1.62. The zero-order chi connectivity index (χ0) is 14.0. The average Bonchev–Trinajstić information content (AvgIpc) is 2.35. The fourth-order valence-electron chi connectivity index (χ4n) is 2.00. The van der Waals surface area contributed by atoms with Crippen molar-refractivity contribution >= 4 is 18.4 Å². The number of nitrogens with two attached hydrogens (primary N) is 1. The van der Waals surface area contributed by atoms with E-state index >= 15 is 0 Å². The van der Waals surface area contributed by atoms with Crippen LogP contribution in [-0.2, 0) is 14.3 Å². The summed E-state index contributed by atoms with van der Waals surface area (Å²) < 4.78 is 10.1. The van der Waals surface area contributed by atoms with Crippen molar-refractivity contribution in [1.29, 1.82) is 0 Å². The first-order valence-electron chi connectivity index (χ1n) is 6.58. The van der Waals surface area contributed by atoms with Crippen LogP contribution < -0.4 is 5.73 Å². The second-order valence-electron chi connectivity index (χ2n) is 4.70. The quantitative estimate of drug-likeness (QED) is 0.497. The summed E-state index contributed by atoms with van der Waals surface area (Å²) in [4.78, 5) is 11.6. The molecule has 0 amide bonds. The van der Waals surface area contributed by atoms with Crippen LogP contribution in [0.4, 0.5) is 0 Å². The van der Waals surface area contributed by atoms with Crippen molar-refractivity contribution < 1.29 is 14.3 Å². The Bertz CT molecular complexity index is 249. The van der Waals surface area contributed by atoms with Gasteiger partial charge in [-0.2, -0.15) is 0 Å². The second kappa shape index (κ2) is 12.5. The summed E-state index contributed by atoms with van der Waals surface area (Å²) in [6, 6.07) is -0.601. The number of methoxy groups -OCH3 is 1. The van der Waals surface area contributed by atoms with Crippen LogP contribution in [0.2, 0.25) is 0 Å². The number of carbonyl (C=O) groups is 1. The first-order chi connectivity index (χ1) is 8.56. The van der Waals surface area contributed by atoms with Crippen molar-refractivity contribution in [2.24, 2.45) is 17.6 Å². The van der Waals surface area contributed by atoms with E-state index in [0.717, 1.165) is 19.3 Å². The smallest absolute Gasteiger partial charge is 0.323 e. The highest BCUT2D eigenvalue weighted by Crippen LogP contribution is 2.20. The number of esters is 1. The van der Waals surface area contributed by atoms with Crippen LogP contribution in [0.5, 0.6) is 0 Å². The fourth-order valence-corrected chi connectivity index (χ4v) is 2.00. The summed E-state index contributed by atoms with van der Waals surface area (Å²) in [6.07, 6.45) is 4.81. The Morgan fingerprint density at radius 2 is 2.11 bits per heavy atom. The van der Waals surface area contributed by atoms with Crippen molar-refractivity contribution in [2.45, 2.75) is 39.2 Å². The maximum atomic E-state index is 11.6. The molecule has 0 aromatic heterocycles. The van der Waals surface area contributed by atoms with Crippen molar-refractivity contribution in [2.75, 3.05) is 20.3 Å². The summed E-state index contributed by atoms with van der Waals surface area (Å²) in [5.74, 6) is 0.160. The van der Waals surface area contributed by atoms with Gasteiger partial charge in [-0.25, -0.2) is 0 Å². The van der Waals surface area contributed by atoms with E-state index in [1.54, 1.807) is 14.0 Å². The Balaban J connectivity index is 0. The molecule has 3 atom stereocenters. The Hall–Kier alpha value is -0.580. The molecule has 114 valence electrons. The average molecular weight is 294 g/mol. The SMILES string of the molecule is C=CCCC(C)C[C@@H](COC)C(N)C(=O)OCC.Cl. The third-order valence-electron chi connectivity index (χ3n) is 3.02. The minimum atomic E-state index is -0.601. The van der Waals surface area contributed by atoms with Crippen LogP contribution in [0.25, 0.3) is 0 Å². The molecule has 0 heterocycles. The third-order valence-corrected chi connectivity index (χ3v) is 3.02. The number of halogens is 1. The van der Waals surface area contributed by atoms with Crippen LogP contribution in [-0.4, -0.2) is 32.3 Å². The zero-order valence-corrected chi connectivity index (χ0v) is 13.1. The number of ether oxygens (including phenoxy) is 2. The molecule has 2 unspecified atom stereocenters. The van der Waals surface area contributed by atoms with Gasteiger partial charge in [0.15, 0.2) is 0 Å². The van der Waals surface area contributed by atoms with Gasteiger partial charge in [-0.1, -0.05) is 13.0 Å². The molecule has 2 N–H and O–H groups in total. The molecule has 0 spiro atoms.